The number of carbonyl (C=O) groups is 2. The van der Waals surface area contributed by atoms with Crippen molar-refractivity contribution in [1.29, 1.82) is 0 Å². The summed E-state index contributed by atoms with van der Waals surface area (Å²) >= 11 is 0. The van der Waals surface area contributed by atoms with Crippen LogP contribution in [0.15, 0.2) is 22.7 Å². The van der Waals surface area contributed by atoms with Gasteiger partial charge in [-0.1, -0.05) is 32.0 Å². The number of benzene rings is 1. The monoisotopic (exact) mass is 499 g/mol. The van der Waals surface area contributed by atoms with E-state index in [2.05, 4.69) is 37.7 Å². The largest absolute Gasteiger partial charge is 0.345 e. The number of aromatic nitrogens is 4. The first-order chi connectivity index (χ1) is 17.3. The van der Waals surface area contributed by atoms with Gasteiger partial charge in [0.05, 0.1) is 18.0 Å². The fraction of sp³-hybridized carbons (Fsp3) is 0.560. The molecule has 2 amide bonds. The summed E-state index contributed by atoms with van der Waals surface area (Å²) in [7, 11) is 0. The number of halogens is 1. The minimum absolute atomic E-state index is 0.0466. The predicted octanol–water partition coefficient (Wildman–Crippen LogP) is 4.05. The topological polar surface area (TPSA) is 129 Å². The Morgan fingerprint density at radius 3 is 2.75 bits per heavy atom. The van der Waals surface area contributed by atoms with Crippen molar-refractivity contribution >= 4 is 28.9 Å². The van der Waals surface area contributed by atoms with Gasteiger partial charge in [0.1, 0.15) is 17.4 Å². The van der Waals surface area contributed by atoms with E-state index in [1.807, 2.05) is 18.7 Å². The summed E-state index contributed by atoms with van der Waals surface area (Å²) in [5.74, 6) is -0.00554. The average Bonchev–Trinajstić information content (AvgIpc) is 3.52. The first-order valence-electron chi connectivity index (χ1n) is 12.6. The van der Waals surface area contributed by atoms with Gasteiger partial charge in [-0.05, 0) is 44.7 Å². The van der Waals surface area contributed by atoms with Crippen LogP contribution in [0, 0.1) is 5.82 Å². The van der Waals surface area contributed by atoms with Crippen LogP contribution in [0.1, 0.15) is 83.4 Å². The van der Waals surface area contributed by atoms with Crippen LogP contribution in [0.25, 0.3) is 11.0 Å². The van der Waals surface area contributed by atoms with Crippen LogP contribution < -0.4 is 10.6 Å². The number of hydrogen-bond donors (Lipinski definition) is 3. The number of carbonyl (C=O) groups excluding carboxylic acids is 2. The average molecular weight is 500 g/mol. The number of nitrogens with one attached hydrogen (secondary N) is 3. The Bertz CT molecular complexity index is 1210. The van der Waals surface area contributed by atoms with Crippen molar-refractivity contribution in [3.63, 3.8) is 0 Å². The molecule has 11 heteroatoms. The zero-order chi connectivity index (χ0) is 25.8. The van der Waals surface area contributed by atoms with Crippen molar-refractivity contribution < 1.29 is 18.5 Å². The number of para-hydroxylation sites is 1. The number of H-pyrrole nitrogens is 1. The summed E-state index contributed by atoms with van der Waals surface area (Å²) in [5.41, 5.74) is 0.750. The first kappa shape index (κ1) is 25.6. The summed E-state index contributed by atoms with van der Waals surface area (Å²) in [4.78, 5) is 40.2. The Labute approximate surface area is 209 Å². The summed E-state index contributed by atoms with van der Waals surface area (Å²) in [6, 6.07) is 3.40. The maximum absolute atomic E-state index is 14.1. The molecule has 0 aliphatic carbocycles. The SMILES string of the molecule is CC[C@H]1CCCCN1C(=O)C[C@H](Nc1nc(C(C)C)no1)C(=O)N[C@@H](C)c1nc2c(F)cccc2[nH]1. The van der Waals surface area contributed by atoms with Gasteiger partial charge in [0, 0.05) is 18.5 Å². The number of piperidine rings is 1. The lowest BCUT2D eigenvalue weighted by Crippen LogP contribution is -2.48. The molecule has 3 atom stereocenters. The van der Waals surface area contributed by atoms with E-state index in [0.717, 1.165) is 25.7 Å². The lowest BCUT2D eigenvalue weighted by molar-refractivity contribution is -0.137. The quantitative estimate of drug-likeness (QED) is 0.405. The van der Waals surface area contributed by atoms with Crippen LogP contribution in [0.2, 0.25) is 0 Å². The van der Waals surface area contributed by atoms with Gasteiger partial charge in [0.25, 0.3) is 0 Å². The van der Waals surface area contributed by atoms with E-state index >= 15 is 0 Å². The number of fused-ring (bicyclic) bond motifs is 1. The zero-order valence-corrected chi connectivity index (χ0v) is 21.2. The molecular formula is C25H34FN7O3. The number of amides is 2. The van der Waals surface area contributed by atoms with E-state index in [4.69, 9.17) is 4.52 Å². The van der Waals surface area contributed by atoms with Gasteiger partial charge in [-0.15, -0.1) is 0 Å². The van der Waals surface area contributed by atoms with Gasteiger partial charge in [0.2, 0.25) is 11.8 Å². The van der Waals surface area contributed by atoms with Crippen LogP contribution in [0.3, 0.4) is 0 Å². The minimum atomic E-state index is -0.944. The molecule has 2 aromatic heterocycles. The molecule has 36 heavy (non-hydrogen) atoms. The van der Waals surface area contributed by atoms with Gasteiger partial charge in [-0.3, -0.25) is 9.59 Å². The molecule has 1 fully saturated rings. The van der Waals surface area contributed by atoms with Gasteiger partial charge in [-0.2, -0.15) is 4.98 Å². The van der Waals surface area contributed by atoms with E-state index in [1.54, 1.807) is 19.1 Å². The van der Waals surface area contributed by atoms with Crippen LogP contribution in [-0.4, -0.2) is 55.5 Å². The van der Waals surface area contributed by atoms with Crippen LogP contribution in [-0.2, 0) is 9.59 Å². The van der Waals surface area contributed by atoms with Crippen LogP contribution in [0.4, 0.5) is 10.4 Å². The van der Waals surface area contributed by atoms with Crippen molar-refractivity contribution in [2.75, 3.05) is 11.9 Å². The second kappa shape index (κ2) is 11.0. The molecule has 3 aromatic rings. The molecule has 0 unspecified atom stereocenters. The number of likely N-dealkylation sites (tertiary alicyclic amines) is 1. The Morgan fingerprint density at radius 1 is 1.25 bits per heavy atom. The van der Waals surface area contributed by atoms with Gasteiger partial charge >= 0.3 is 6.01 Å². The van der Waals surface area contributed by atoms with E-state index in [0.29, 0.717) is 23.7 Å². The Kier molecular flexibility index (Phi) is 7.85. The molecule has 1 saturated heterocycles. The van der Waals surface area contributed by atoms with E-state index in [1.165, 1.54) is 6.07 Å². The number of anilines is 1. The molecule has 0 bridgehead atoms. The number of rotatable bonds is 9. The number of imidazole rings is 1. The molecule has 3 heterocycles. The minimum Gasteiger partial charge on any atom is -0.345 e. The van der Waals surface area contributed by atoms with E-state index in [9.17, 15) is 14.0 Å². The molecule has 0 spiro atoms. The molecule has 194 valence electrons. The van der Waals surface area contributed by atoms with E-state index in [-0.39, 0.29) is 35.8 Å². The standard InChI is InChI=1S/C25H34FN7O3/c1-5-16-9-6-7-12-33(16)20(34)13-19(29-25-31-22(14(2)3)32-36-25)24(35)27-15(4)23-28-18-11-8-10-17(26)21(18)30-23/h8,10-11,14-16,19H,5-7,9,12-13H2,1-4H3,(H,27,35)(H,28,30)(H,29,31,32)/t15-,16-,19-/m0/s1. The molecule has 0 radical (unpaired) electrons. The smallest absolute Gasteiger partial charge is 0.322 e. The molecule has 0 saturated carbocycles. The lowest BCUT2D eigenvalue weighted by atomic mass is 9.99. The van der Waals surface area contributed by atoms with Gasteiger partial charge in [-0.25, -0.2) is 9.37 Å². The summed E-state index contributed by atoms with van der Waals surface area (Å²) in [5, 5.41) is 9.78. The Balaban J connectivity index is 1.52. The van der Waals surface area contributed by atoms with Crippen LogP contribution in [0.5, 0.6) is 0 Å². The fourth-order valence-corrected chi connectivity index (χ4v) is 4.54. The third-order valence-electron chi connectivity index (χ3n) is 6.62. The van der Waals surface area contributed by atoms with Crippen molar-refractivity contribution in [2.24, 2.45) is 0 Å². The summed E-state index contributed by atoms with van der Waals surface area (Å²) < 4.78 is 19.4. The molecular weight excluding hydrogens is 465 g/mol. The van der Waals surface area contributed by atoms with Crippen LogP contribution >= 0.6 is 0 Å². The normalized spacial score (nSPS) is 17.8. The molecule has 1 aliphatic heterocycles. The first-order valence-corrected chi connectivity index (χ1v) is 12.6. The lowest BCUT2D eigenvalue weighted by Gasteiger charge is -2.36. The molecule has 1 aliphatic rings. The predicted molar refractivity (Wildman–Crippen MR) is 133 cm³/mol. The third kappa shape index (κ3) is 5.66. The number of hydrogen-bond acceptors (Lipinski definition) is 7. The van der Waals surface area contributed by atoms with Crippen molar-refractivity contribution in [3.05, 3.63) is 35.7 Å². The van der Waals surface area contributed by atoms with Crippen molar-refractivity contribution in [2.45, 2.75) is 83.8 Å². The Morgan fingerprint density at radius 2 is 2.06 bits per heavy atom. The van der Waals surface area contributed by atoms with Gasteiger partial charge in [0.15, 0.2) is 11.6 Å². The molecule has 1 aromatic carbocycles. The highest BCUT2D eigenvalue weighted by atomic mass is 19.1. The van der Waals surface area contributed by atoms with Crippen molar-refractivity contribution in [1.82, 2.24) is 30.3 Å². The molecule has 3 N–H and O–H groups in total. The van der Waals surface area contributed by atoms with Crippen molar-refractivity contribution in [3.8, 4) is 0 Å². The second-order valence-corrected chi connectivity index (χ2v) is 9.65. The number of nitrogens with zero attached hydrogens (tertiary/aromatic N) is 4. The maximum Gasteiger partial charge on any atom is 0.322 e. The maximum atomic E-state index is 14.1. The zero-order valence-electron chi connectivity index (χ0n) is 21.2. The molecule has 10 nitrogen and oxygen atoms in total. The van der Waals surface area contributed by atoms with Gasteiger partial charge < -0.3 is 25.0 Å². The number of aromatic amines is 1. The highest BCUT2D eigenvalue weighted by molar-refractivity contribution is 5.90. The molecule has 4 rings (SSSR count). The second-order valence-electron chi connectivity index (χ2n) is 9.65. The summed E-state index contributed by atoms with van der Waals surface area (Å²) in [6.07, 6.45) is 3.82. The van der Waals surface area contributed by atoms with E-state index < -0.39 is 23.8 Å². The fourth-order valence-electron chi connectivity index (χ4n) is 4.54. The Hall–Kier alpha value is -3.50. The summed E-state index contributed by atoms with van der Waals surface area (Å²) in [6.45, 7) is 8.36. The third-order valence-corrected chi connectivity index (χ3v) is 6.62. The highest BCUT2D eigenvalue weighted by Crippen LogP contribution is 2.23. The highest BCUT2D eigenvalue weighted by Gasteiger charge is 2.31.